The molecule has 0 saturated heterocycles. The predicted molar refractivity (Wildman–Crippen MR) is 118 cm³/mol. The number of ether oxygens (including phenoxy) is 1. The summed E-state index contributed by atoms with van der Waals surface area (Å²) in [4.78, 5) is 13.0. The normalized spacial score (nSPS) is 25.3. The number of carbonyl (C=O) groups is 1. The molecule has 4 rings (SSSR count). The summed E-state index contributed by atoms with van der Waals surface area (Å²) in [6.07, 6.45) is 8.04. The zero-order chi connectivity index (χ0) is 20.4. The van der Waals surface area contributed by atoms with Gasteiger partial charge in [-0.25, -0.2) is 0 Å². The van der Waals surface area contributed by atoms with Crippen molar-refractivity contribution in [2.75, 3.05) is 7.11 Å². The van der Waals surface area contributed by atoms with Gasteiger partial charge in [0.1, 0.15) is 0 Å². The Kier molecular flexibility index (Phi) is 5.45. The van der Waals surface area contributed by atoms with Crippen molar-refractivity contribution in [3.05, 3.63) is 96.6 Å². The number of benzene rings is 2. The van der Waals surface area contributed by atoms with Crippen molar-refractivity contribution >= 4 is 5.97 Å². The first kappa shape index (κ1) is 19.7. The van der Waals surface area contributed by atoms with Crippen LogP contribution in [0.15, 0.2) is 79.9 Å². The van der Waals surface area contributed by atoms with Crippen LogP contribution in [0.3, 0.4) is 0 Å². The van der Waals surface area contributed by atoms with E-state index in [9.17, 15) is 4.79 Å². The van der Waals surface area contributed by atoms with Crippen LogP contribution in [-0.4, -0.2) is 13.1 Å². The van der Waals surface area contributed by atoms with Crippen molar-refractivity contribution in [1.82, 2.24) is 0 Å². The highest BCUT2D eigenvalue weighted by Crippen LogP contribution is 2.57. The van der Waals surface area contributed by atoms with E-state index in [1.54, 1.807) is 0 Å². The van der Waals surface area contributed by atoms with Gasteiger partial charge >= 0.3 is 5.97 Å². The topological polar surface area (TPSA) is 26.3 Å². The van der Waals surface area contributed by atoms with Gasteiger partial charge in [-0.15, -0.1) is 13.2 Å². The second-order valence-electron chi connectivity index (χ2n) is 8.51. The van der Waals surface area contributed by atoms with Crippen LogP contribution < -0.4 is 0 Å². The van der Waals surface area contributed by atoms with Gasteiger partial charge in [0.25, 0.3) is 0 Å². The summed E-state index contributed by atoms with van der Waals surface area (Å²) >= 11 is 0. The molecule has 0 heterocycles. The first-order chi connectivity index (χ1) is 14.2. The van der Waals surface area contributed by atoms with E-state index in [0.717, 1.165) is 25.7 Å². The fourth-order valence-corrected chi connectivity index (χ4v) is 5.96. The average molecular weight is 387 g/mol. The Morgan fingerprint density at radius 2 is 1.69 bits per heavy atom. The minimum absolute atomic E-state index is 0.0997. The standard InChI is InChI=1S/C27H30O2/c1-4-20-15-16-21(5-2)27(20,22-12-7-6-8-13-22)18-25(26(28)29-3)24-17-19-11-9-10-14-23(19)24/h4-14,20-21,24-25H,1-2,15-18H2,3H3/t20-,21-,24?,25?/m1/s1. The van der Waals surface area contributed by atoms with Gasteiger partial charge in [-0.05, 0) is 54.2 Å². The lowest BCUT2D eigenvalue weighted by Crippen LogP contribution is -2.42. The molecule has 1 fully saturated rings. The van der Waals surface area contributed by atoms with E-state index < -0.39 is 0 Å². The quantitative estimate of drug-likeness (QED) is 0.441. The number of hydrogen-bond donors (Lipinski definition) is 0. The number of hydrogen-bond acceptors (Lipinski definition) is 2. The number of rotatable bonds is 7. The summed E-state index contributed by atoms with van der Waals surface area (Å²) in [5.74, 6) is 0.581. The van der Waals surface area contributed by atoms with Gasteiger partial charge in [-0.2, -0.15) is 0 Å². The Bertz CT molecular complexity index is 882. The highest BCUT2D eigenvalue weighted by Gasteiger charge is 2.52. The first-order valence-corrected chi connectivity index (χ1v) is 10.6. The van der Waals surface area contributed by atoms with E-state index in [4.69, 9.17) is 4.74 Å². The molecule has 2 aromatic rings. The van der Waals surface area contributed by atoms with Crippen molar-refractivity contribution in [3.63, 3.8) is 0 Å². The minimum Gasteiger partial charge on any atom is -0.469 e. The highest BCUT2D eigenvalue weighted by atomic mass is 16.5. The Labute approximate surface area is 174 Å². The second-order valence-corrected chi connectivity index (χ2v) is 8.51. The van der Waals surface area contributed by atoms with Gasteiger partial charge in [-0.1, -0.05) is 66.7 Å². The molecule has 0 radical (unpaired) electrons. The largest absolute Gasteiger partial charge is 0.469 e. The molecule has 2 aromatic carbocycles. The third-order valence-electron chi connectivity index (χ3n) is 7.43. The average Bonchev–Trinajstić information content (AvgIpc) is 3.12. The van der Waals surface area contributed by atoms with E-state index in [-0.39, 0.29) is 23.2 Å². The van der Waals surface area contributed by atoms with Gasteiger partial charge in [0.05, 0.1) is 13.0 Å². The molecule has 4 atom stereocenters. The van der Waals surface area contributed by atoms with Crippen LogP contribution in [-0.2, 0) is 21.4 Å². The maximum Gasteiger partial charge on any atom is 0.309 e. The summed E-state index contributed by atoms with van der Waals surface area (Å²) in [7, 11) is 1.51. The monoisotopic (exact) mass is 386 g/mol. The van der Waals surface area contributed by atoms with E-state index in [1.165, 1.54) is 23.8 Å². The van der Waals surface area contributed by atoms with Crippen molar-refractivity contribution in [2.24, 2.45) is 17.8 Å². The molecule has 29 heavy (non-hydrogen) atoms. The molecule has 2 aliphatic carbocycles. The maximum atomic E-state index is 13.0. The van der Waals surface area contributed by atoms with Gasteiger partial charge in [-0.3, -0.25) is 4.79 Å². The number of carbonyl (C=O) groups excluding carboxylic acids is 1. The minimum atomic E-state index is -0.172. The summed E-state index contributed by atoms with van der Waals surface area (Å²) in [6.45, 7) is 8.34. The molecule has 0 bridgehead atoms. The molecule has 0 amide bonds. The lowest BCUT2D eigenvalue weighted by atomic mass is 9.58. The second kappa shape index (κ2) is 8.02. The highest BCUT2D eigenvalue weighted by molar-refractivity contribution is 5.75. The number of fused-ring (bicyclic) bond motifs is 1. The molecule has 2 aliphatic rings. The molecule has 2 nitrogen and oxygen atoms in total. The lowest BCUT2D eigenvalue weighted by molar-refractivity contribution is -0.147. The van der Waals surface area contributed by atoms with E-state index in [2.05, 4.69) is 79.9 Å². The molecule has 0 aliphatic heterocycles. The van der Waals surface area contributed by atoms with Crippen LogP contribution in [0.2, 0.25) is 0 Å². The lowest BCUT2D eigenvalue weighted by Gasteiger charge is -2.44. The summed E-state index contributed by atoms with van der Waals surface area (Å²) in [5.41, 5.74) is 3.77. The van der Waals surface area contributed by atoms with Crippen molar-refractivity contribution in [1.29, 1.82) is 0 Å². The molecular weight excluding hydrogens is 356 g/mol. The molecule has 2 heteroatoms. The smallest absolute Gasteiger partial charge is 0.309 e. The first-order valence-electron chi connectivity index (χ1n) is 10.6. The van der Waals surface area contributed by atoms with Gasteiger partial charge < -0.3 is 4.74 Å². The van der Waals surface area contributed by atoms with E-state index >= 15 is 0 Å². The van der Waals surface area contributed by atoms with E-state index in [0.29, 0.717) is 11.8 Å². The summed E-state index contributed by atoms with van der Waals surface area (Å²) < 4.78 is 5.32. The number of allylic oxidation sites excluding steroid dienone is 2. The van der Waals surface area contributed by atoms with Crippen molar-refractivity contribution in [3.8, 4) is 0 Å². The molecule has 2 unspecified atom stereocenters. The molecule has 0 N–H and O–H groups in total. The Hall–Kier alpha value is -2.61. The summed E-state index contributed by atoms with van der Waals surface area (Å²) in [6, 6.07) is 19.2. The van der Waals surface area contributed by atoms with Crippen LogP contribution in [0.5, 0.6) is 0 Å². The van der Waals surface area contributed by atoms with Crippen LogP contribution in [0.25, 0.3) is 0 Å². The number of methoxy groups -OCH3 is 1. The summed E-state index contributed by atoms with van der Waals surface area (Å²) in [5, 5.41) is 0. The maximum absolute atomic E-state index is 13.0. The zero-order valence-electron chi connectivity index (χ0n) is 17.2. The van der Waals surface area contributed by atoms with Gasteiger partial charge in [0.15, 0.2) is 0 Å². The van der Waals surface area contributed by atoms with Gasteiger partial charge in [0.2, 0.25) is 0 Å². The van der Waals surface area contributed by atoms with Crippen LogP contribution in [0, 0.1) is 17.8 Å². The molecule has 150 valence electrons. The van der Waals surface area contributed by atoms with E-state index in [1.807, 2.05) is 0 Å². The Morgan fingerprint density at radius 1 is 1.07 bits per heavy atom. The van der Waals surface area contributed by atoms with Crippen LogP contribution in [0.4, 0.5) is 0 Å². The molecule has 1 saturated carbocycles. The van der Waals surface area contributed by atoms with Crippen molar-refractivity contribution in [2.45, 2.75) is 37.0 Å². The fraction of sp³-hybridized carbons (Fsp3) is 0.370. The molecule has 0 spiro atoms. The SMILES string of the molecule is C=C[C@@H]1CC[C@@H](C=C)C1(CC(C(=O)OC)C1Cc2ccccc21)c1ccccc1. The van der Waals surface area contributed by atoms with Crippen molar-refractivity contribution < 1.29 is 9.53 Å². The Balaban J connectivity index is 1.79. The van der Waals surface area contributed by atoms with Gasteiger partial charge in [0, 0.05) is 11.3 Å². The third-order valence-corrected chi connectivity index (χ3v) is 7.43. The third kappa shape index (κ3) is 3.15. The zero-order valence-corrected chi connectivity index (χ0v) is 17.2. The Morgan fingerprint density at radius 3 is 2.28 bits per heavy atom. The molecule has 0 aromatic heterocycles. The predicted octanol–water partition coefficient (Wildman–Crippen LogP) is 5.84. The molecular formula is C27H30O2. The van der Waals surface area contributed by atoms with Crippen LogP contribution >= 0.6 is 0 Å². The van der Waals surface area contributed by atoms with Crippen LogP contribution in [0.1, 0.15) is 41.9 Å². The fourth-order valence-electron chi connectivity index (χ4n) is 5.96. The number of esters is 1.